The first kappa shape index (κ1) is 14.1. The Bertz CT molecular complexity index is 217. The van der Waals surface area contributed by atoms with Crippen LogP contribution in [0.15, 0.2) is 0 Å². The Kier molecular flexibility index (Phi) is 6.54. The highest BCUT2D eigenvalue weighted by molar-refractivity contribution is 7.85. The molecular formula is C12H25NO2S. The maximum absolute atomic E-state index is 12.2. The highest BCUT2D eigenvalue weighted by Crippen LogP contribution is 2.16. The van der Waals surface area contributed by atoms with Gasteiger partial charge in [-0.25, -0.2) is 0 Å². The van der Waals surface area contributed by atoms with E-state index in [2.05, 4.69) is 19.2 Å². The molecule has 1 heterocycles. The summed E-state index contributed by atoms with van der Waals surface area (Å²) in [4.78, 5) is 0. The van der Waals surface area contributed by atoms with Crippen molar-refractivity contribution in [2.45, 2.75) is 44.4 Å². The number of nitrogens with one attached hydrogen (secondary N) is 1. The second kappa shape index (κ2) is 7.41. The highest BCUT2D eigenvalue weighted by atomic mass is 32.2. The zero-order chi connectivity index (χ0) is 12.0. The minimum absolute atomic E-state index is 0.355. The second-order valence-corrected chi connectivity index (χ2v) is 6.40. The van der Waals surface area contributed by atoms with Crippen LogP contribution in [0.1, 0.15) is 33.1 Å². The van der Waals surface area contributed by atoms with E-state index >= 15 is 0 Å². The zero-order valence-corrected chi connectivity index (χ0v) is 11.5. The Labute approximate surface area is 102 Å². The molecule has 0 aromatic heterocycles. The maximum Gasteiger partial charge on any atom is 0.0477 e. The Morgan fingerprint density at radius 1 is 1.44 bits per heavy atom. The fourth-order valence-electron chi connectivity index (χ4n) is 2.07. The van der Waals surface area contributed by atoms with E-state index in [1.54, 1.807) is 0 Å². The van der Waals surface area contributed by atoms with Crippen molar-refractivity contribution in [3.63, 3.8) is 0 Å². The minimum Gasteiger partial charge on any atom is -0.381 e. The lowest BCUT2D eigenvalue weighted by molar-refractivity contribution is 0.0991. The topological polar surface area (TPSA) is 38.3 Å². The number of ether oxygens (including phenoxy) is 1. The Morgan fingerprint density at radius 2 is 2.06 bits per heavy atom. The quantitative estimate of drug-likeness (QED) is 0.774. The molecular weight excluding hydrogens is 222 g/mol. The standard InChI is InChI=1S/C12H25NO2S/c1-4-10(2)12(13-3)9-16(14)11-5-7-15-8-6-11/h10-13H,4-9H2,1-3H3. The molecule has 1 saturated heterocycles. The average Bonchev–Trinajstić information content (AvgIpc) is 2.35. The van der Waals surface area contributed by atoms with E-state index in [0.29, 0.717) is 17.2 Å². The van der Waals surface area contributed by atoms with Crippen molar-refractivity contribution in [2.75, 3.05) is 26.0 Å². The van der Waals surface area contributed by atoms with Crippen LogP contribution in [-0.4, -0.2) is 41.5 Å². The normalized spacial score (nSPS) is 23.9. The average molecular weight is 247 g/mol. The van der Waals surface area contributed by atoms with E-state index in [1.165, 1.54) is 0 Å². The molecule has 3 unspecified atom stereocenters. The largest absolute Gasteiger partial charge is 0.381 e. The molecule has 1 fully saturated rings. The van der Waals surface area contributed by atoms with Crippen molar-refractivity contribution in [3.8, 4) is 0 Å². The van der Waals surface area contributed by atoms with Gasteiger partial charge < -0.3 is 10.1 Å². The molecule has 0 amide bonds. The highest BCUT2D eigenvalue weighted by Gasteiger charge is 2.24. The molecule has 3 nitrogen and oxygen atoms in total. The van der Waals surface area contributed by atoms with E-state index in [1.807, 2.05) is 7.05 Å². The predicted molar refractivity (Wildman–Crippen MR) is 69.2 cm³/mol. The summed E-state index contributed by atoms with van der Waals surface area (Å²) in [5, 5.41) is 3.65. The molecule has 0 radical (unpaired) electrons. The molecule has 1 rings (SSSR count). The van der Waals surface area contributed by atoms with E-state index in [0.717, 1.165) is 38.2 Å². The van der Waals surface area contributed by atoms with Crippen molar-refractivity contribution >= 4 is 10.8 Å². The van der Waals surface area contributed by atoms with Gasteiger partial charge in [-0.3, -0.25) is 4.21 Å². The third kappa shape index (κ3) is 4.15. The van der Waals surface area contributed by atoms with Gasteiger partial charge in [0.25, 0.3) is 0 Å². The van der Waals surface area contributed by atoms with Crippen LogP contribution in [0.3, 0.4) is 0 Å². The predicted octanol–water partition coefficient (Wildman–Crippen LogP) is 1.55. The summed E-state index contributed by atoms with van der Waals surface area (Å²) in [6, 6.07) is 0.383. The SMILES string of the molecule is CCC(C)C(CS(=O)C1CCOCC1)NC. The van der Waals surface area contributed by atoms with Gasteiger partial charge in [-0.2, -0.15) is 0 Å². The van der Waals surface area contributed by atoms with Gasteiger partial charge in [-0.1, -0.05) is 20.3 Å². The molecule has 4 heteroatoms. The molecule has 0 bridgehead atoms. The van der Waals surface area contributed by atoms with Gasteiger partial charge in [-0.15, -0.1) is 0 Å². The van der Waals surface area contributed by atoms with Crippen LogP contribution in [0, 0.1) is 5.92 Å². The van der Waals surface area contributed by atoms with Crippen molar-refractivity contribution in [2.24, 2.45) is 5.92 Å². The number of hydrogen-bond donors (Lipinski definition) is 1. The van der Waals surface area contributed by atoms with Crippen LogP contribution >= 0.6 is 0 Å². The van der Waals surface area contributed by atoms with E-state index < -0.39 is 10.8 Å². The summed E-state index contributed by atoms with van der Waals surface area (Å²) >= 11 is 0. The molecule has 16 heavy (non-hydrogen) atoms. The Balaban J connectivity index is 2.41. The van der Waals surface area contributed by atoms with Gasteiger partial charge >= 0.3 is 0 Å². The first-order valence-electron chi connectivity index (χ1n) is 6.31. The van der Waals surface area contributed by atoms with Gasteiger partial charge in [0.15, 0.2) is 0 Å². The third-order valence-electron chi connectivity index (χ3n) is 3.59. The molecule has 0 aromatic rings. The number of hydrogen-bond acceptors (Lipinski definition) is 3. The van der Waals surface area contributed by atoms with Crippen LogP contribution in [0.4, 0.5) is 0 Å². The van der Waals surface area contributed by atoms with Crippen molar-refractivity contribution in [1.29, 1.82) is 0 Å². The van der Waals surface area contributed by atoms with Crippen molar-refractivity contribution in [3.05, 3.63) is 0 Å². The molecule has 0 aromatic carbocycles. The lowest BCUT2D eigenvalue weighted by atomic mass is 10.0. The summed E-state index contributed by atoms with van der Waals surface area (Å²) in [6.07, 6.45) is 3.06. The second-order valence-electron chi connectivity index (χ2n) is 4.64. The Morgan fingerprint density at radius 3 is 2.56 bits per heavy atom. The summed E-state index contributed by atoms with van der Waals surface area (Å²) in [5.41, 5.74) is 0. The van der Waals surface area contributed by atoms with Crippen LogP contribution in [0.2, 0.25) is 0 Å². The molecule has 96 valence electrons. The molecule has 0 saturated carbocycles. The van der Waals surface area contributed by atoms with Crippen LogP contribution < -0.4 is 5.32 Å². The summed E-state index contributed by atoms with van der Waals surface area (Å²) in [5.74, 6) is 1.38. The first-order valence-corrected chi connectivity index (χ1v) is 7.69. The maximum atomic E-state index is 12.2. The monoisotopic (exact) mass is 247 g/mol. The van der Waals surface area contributed by atoms with Gasteiger partial charge in [-0.05, 0) is 25.8 Å². The summed E-state index contributed by atoms with van der Waals surface area (Å²) < 4.78 is 17.5. The fourth-order valence-corrected chi connectivity index (χ4v) is 3.91. The van der Waals surface area contributed by atoms with Crippen molar-refractivity contribution < 1.29 is 8.95 Å². The summed E-state index contributed by atoms with van der Waals surface area (Å²) in [7, 11) is 1.27. The van der Waals surface area contributed by atoms with Gasteiger partial charge in [0.2, 0.25) is 0 Å². The summed E-state index contributed by atoms with van der Waals surface area (Å²) in [6.45, 7) is 5.97. The molecule has 1 aliphatic heterocycles. The van der Waals surface area contributed by atoms with E-state index in [9.17, 15) is 4.21 Å². The lowest BCUT2D eigenvalue weighted by Crippen LogP contribution is -2.40. The molecule has 3 atom stereocenters. The number of rotatable bonds is 6. The third-order valence-corrected chi connectivity index (χ3v) is 5.49. The van der Waals surface area contributed by atoms with E-state index in [4.69, 9.17) is 4.74 Å². The zero-order valence-electron chi connectivity index (χ0n) is 10.7. The fraction of sp³-hybridized carbons (Fsp3) is 1.00. The van der Waals surface area contributed by atoms with Gasteiger partial charge in [0, 0.05) is 41.1 Å². The first-order chi connectivity index (χ1) is 7.69. The van der Waals surface area contributed by atoms with Crippen LogP contribution in [0.5, 0.6) is 0 Å². The van der Waals surface area contributed by atoms with Crippen molar-refractivity contribution in [1.82, 2.24) is 5.32 Å². The molecule has 0 spiro atoms. The molecule has 1 N–H and O–H groups in total. The van der Waals surface area contributed by atoms with Gasteiger partial charge in [0.05, 0.1) is 0 Å². The lowest BCUT2D eigenvalue weighted by Gasteiger charge is -2.26. The minimum atomic E-state index is -0.701. The molecule has 1 aliphatic rings. The smallest absolute Gasteiger partial charge is 0.0477 e. The molecule has 0 aliphatic carbocycles. The Hall–Kier alpha value is 0.0700. The van der Waals surface area contributed by atoms with Gasteiger partial charge in [0.1, 0.15) is 0 Å². The van der Waals surface area contributed by atoms with Crippen LogP contribution in [0.25, 0.3) is 0 Å². The van der Waals surface area contributed by atoms with Crippen LogP contribution in [-0.2, 0) is 15.5 Å². The van der Waals surface area contributed by atoms with E-state index in [-0.39, 0.29) is 0 Å².